The van der Waals surface area contributed by atoms with Crippen molar-refractivity contribution in [2.24, 2.45) is 4.99 Å². The number of carbonyl (C=O) groups excluding carboxylic acids is 1. The molecule has 2 saturated heterocycles. The van der Waals surface area contributed by atoms with E-state index in [9.17, 15) is 13.2 Å². The molecule has 2 heterocycles. The van der Waals surface area contributed by atoms with Crippen LogP contribution in [0.1, 0.15) is 18.9 Å². The lowest BCUT2D eigenvalue weighted by Gasteiger charge is -2.26. The number of halogens is 1. The molecule has 2 atom stereocenters. The molecule has 3 rings (SSSR count). The second-order valence-electron chi connectivity index (χ2n) is 5.70. The van der Waals surface area contributed by atoms with Crippen LogP contribution in [0.4, 0.5) is 5.69 Å². The lowest BCUT2D eigenvalue weighted by Crippen LogP contribution is -2.38. The van der Waals surface area contributed by atoms with E-state index in [1.54, 1.807) is 13.0 Å². The Morgan fingerprint density at radius 2 is 2.17 bits per heavy atom. The molecule has 0 bridgehead atoms. The molecular formula is C15H17ClN2O3S2. The molecule has 1 aromatic carbocycles. The van der Waals surface area contributed by atoms with Crippen molar-refractivity contribution in [1.82, 2.24) is 0 Å². The third-order valence-corrected chi connectivity index (χ3v) is 7.71. The number of anilines is 1. The molecule has 1 amide bonds. The van der Waals surface area contributed by atoms with Gasteiger partial charge in [0.1, 0.15) is 0 Å². The Morgan fingerprint density at radius 1 is 1.43 bits per heavy atom. The minimum Gasteiger partial charge on any atom is -0.315 e. The quantitative estimate of drug-likeness (QED) is 0.798. The van der Waals surface area contributed by atoms with Gasteiger partial charge in [-0.15, -0.1) is 0 Å². The summed E-state index contributed by atoms with van der Waals surface area (Å²) in [4.78, 5) is 17.8. The average molecular weight is 373 g/mol. The van der Waals surface area contributed by atoms with Crippen molar-refractivity contribution in [2.45, 2.75) is 31.6 Å². The summed E-state index contributed by atoms with van der Waals surface area (Å²) in [6, 6.07) is 5.30. The van der Waals surface area contributed by atoms with Gasteiger partial charge in [0.15, 0.2) is 15.0 Å². The molecule has 0 aliphatic carbocycles. The first-order valence-electron chi connectivity index (χ1n) is 7.35. The predicted octanol–water partition coefficient (Wildman–Crippen LogP) is 2.66. The molecule has 0 aromatic heterocycles. The Hall–Kier alpha value is -1.05. The van der Waals surface area contributed by atoms with Crippen LogP contribution >= 0.6 is 23.4 Å². The van der Waals surface area contributed by atoms with Crippen molar-refractivity contribution in [3.05, 3.63) is 28.8 Å². The van der Waals surface area contributed by atoms with Gasteiger partial charge < -0.3 is 4.90 Å². The number of hydrogen-bond acceptors (Lipinski definition) is 4. The summed E-state index contributed by atoms with van der Waals surface area (Å²) >= 11 is 7.59. The summed E-state index contributed by atoms with van der Waals surface area (Å²) in [6.45, 7) is 3.64. The van der Waals surface area contributed by atoms with Gasteiger partial charge in [-0.1, -0.05) is 36.4 Å². The van der Waals surface area contributed by atoms with E-state index in [1.165, 1.54) is 11.8 Å². The molecule has 5 nitrogen and oxygen atoms in total. The third-order valence-electron chi connectivity index (χ3n) is 4.09. The van der Waals surface area contributed by atoms with E-state index >= 15 is 0 Å². The Morgan fingerprint density at radius 3 is 2.87 bits per heavy atom. The molecule has 23 heavy (non-hydrogen) atoms. The molecule has 0 N–H and O–H groups in total. The fourth-order valence-electron chi connectivity index (χ4n) is 2.89. The molecule has 2 unspecified atom stereocenters. The standard InChI is InChI=1S/C15H17ClN2O3S2/c1-3-14(19)17-15-18(11-6-4-5-10(16)9(11)2)12-7-23(20,21)8-13(12)22-15/h4-6,12-13H,3,7-8H2,1-2H3. The zero-order chi connectivity index (χ0) is 16.8. The minimum atomic E-state index is -3.06. The number of sulfone groups is 1. The van der Waals surface area contributed by atoms with E-state index in [4.69, 9.17) is 11.6 Å². The molecule has 2 fully saturated rings. The number of amidine groups is 1. The zero-order valence-corrected chi connectivity index (χ0v) is 15.2. The number of carbonyl (C=O) groups is 1. The lowest BCUT2D eigenvalue weighted by molar-refractivity contribution is -0.117. The van der Waals surface area contributed by atoms with Crippen LogP contribution in [0, 0.1) is 6.92 Å². The zero-order valence-electron chi connectivity index (χ0n) is 12.8. The molecule has 0 radical (unpaired) electrons. The van der Waals surface area contributed by atoms with Crippen LogP contribution in [0.2, 0.25) is 5.02 Å². The second-order valence-corrected chi connectivity index (χ2v) is 9.46. The second kappa shape index (κ2) is 6.11. The number of fused-ring (bicyclic) bond motifs is 1. The van der Waals surface area contributed by atoms with Gasteiger partial charge in [0.05, 0.1) is 17.5 Å². The van der Waals surface area contributed by atoms with Gasteiger partial charge in [0.2, 0.25) is 5.91 Å². The molecule has 8 heteroatoms. The fraction of sp³-hybridized carbons (Fsp3) is 0.467. The predicted molar refractivity (Wildman–Crippen MR) is 95.2 cm³/mol. The van der Waals surface area contributed by atoms with Gasteiger partial charge >= 0.3 is 0 Å². The maximum atomic E-state index is 12.0. The van der Waals surface area contributed by atoms with Crippen LogP contribution in [0.25, 0.3) is 0 Å². The number of nitrogens with zero attached hydrogens (tertiary/aromatic N) is 2. The third kappa shape index (κ3) is 3.14. The van der Waals surface area contributed by atoms with Gasteiger partial charge in [-0.05, 0) is 24.6 Å². The summed E-state index contributed by atoms with van der Waals surface area (Å²) in [7, 11) is -3.06. The van der Waals surface area contributed by atoms with Gasteiger partial charge in [-0.25, -0.2) is 8.42 Å². The van der Waals surface area contributed by atoms with E-state index in [-0.39, 0.29) is 28.7 Å². The van der Waals surface area contributed by atoms with Crippen molar-refractivity contribution in [3.63, 3.8) is 0 Å². The molecule has 0 spiro atoms. The molecule has 2 aliphatic heterocycles. The summed E-state index contributed by atoms with van der Waals surface area (Å²) in [5, 5.41) is 1.09. The largest absolute Gasteiger partial charge is 0.315 e. The monoisotopic (exact) mass is 372 g/mol. The van der Waals surface area contributed by atoms with Gasteiger partial charge in [-0.3, -0.25) is 4.79 Å². The summed E-state index contributed by atoms with van der Waals surface area (Å²) < 4.78 is 24.0. The van der Waals surface area contributed by atoms with Crippen LogP contribution in [-0.2, 0) is 14.6 Å². The maximum absolute atomic E-state index is 12.0. The van der Waals surface area contributed by atoms with E-state index in [0.29, 0.717) is 16.6 Å². The van der Waals surface area contributed by atoms with Crippen LogP contribution in [0.5, 0.6) is 0 Å². The Labute approximate surface area is 145 Å². The van der Waals surface area contributed by atoms with Crippen LogP contribution < -0.4 is 4.90 Å². The van der Waals surface area contributed by atoms with Gasteiger partial charge in [0, 0.05) is 22.4 Å². The number of benzene rings is 1. The van der Waals surface area contributed by atoms with Crippen molar-refractivity contribution in [3.8, 4) is 0 Å². The molecular weight excluding hydrogens is 356 g/mol. The van der Waals surface area contributed by atoms with Crippen molar-refractivity contribution in [1.29, 1.82) is 0 Å². The highest BCUT2D eigenvalue weighted by molar-refractivity contribution is 8.16. The molecule has 124 valence electrons. The van der Waals surface area contributed by atoms with Crippen molar-refractivity contribution < 1.29 is 13.2 Å². The normalized spacial score (nSPS) is 27.4. The SMILES string of the molecule is CCC(=O)N=C1SC2CS(=O)(=O)CC2N1c1cccc(Cl)c1C. The highest BCUT2D eigenvalue weighted by atomic mass is 35.5. The minimum absolute atomic E-state index is 0.0793. The lowest BCUT2D eigenvalue weighted by atomic mass is 10.1. The van der Waals surface area contributed by atoms with Crippen molar-refractivity contribution >= 4 is 50.0 Å². The Kier molecular flexibility index (Phi) is 4.46. The molecule has 2 aliphatic rings. The highest BCUT2D eigenvalue weighted by Gasteiger charge is 2.49. The topological polar surface area (TPSA) is 66.8 Å². The smallest absolute Gasteiger partial charge is 0.247 e. The number of thioether (sulfide) groups is 1. The van der Waals surface area contributed by atoms with Crippen LogP contribution in [0.15, 0.2) is 23.2 Å². The van der Waals surface area contributed by atoms with Crippen LogP contribution in [-0.4, -0.2) is 42.3 Å². The average Bonchev–Trinajstić information content (AvgIpc) is 2.93. The highest BCUT2D eigenvalue weighted by Crippen LogP contribution is 2.42. The summed E-state index contributed by atoms with van der Waals surface area (Å²) in [5.74, 6) is -0.00620. The summed E-state index contributed by atoms with van der Waals surface area (Å²) in [5.41, 5.74) is 1.67. The van der Waals surface area contributed by atoms with E-state index in [0.717, 1.165) is 11.3 Å². The molecule has 0 saturated carbocycles. The summed E-state index contributed by atoms with van der Waals surface area (Å²) in [6.07, 6.45) is 0.320. The van der Waals surface area contributed by atoms with Crippen LogP contribution in [0.3, 0.4) is 0 Å². The van der Waals surface area contributed by atoms with Gasteiger partial charge in [-0.2, -0.15) is 4.99 Å². The Bertz CT molecular complexity index is 792. The maximum Gasteiger partial charge on any atom is 0.247 e. The Balaban J connectivity index is 2.09. The fourth-order valence-corrected chi connectivity index (χ4v) is 6.98. The molecule has 1 aromatic rings. The first-order valence-corrected chi connectivity index (χ1v) is 10.4. The van der Waals surface area contributed by atoms with E-state index < -0.39 is 9.84 Å². The number of hydrogen-bond donors (Lipinski definition) is 0. The number of aliphatic imine (C=N–C) groups is 1. The first kappa shape index (κ1) is 16.8. The van der Waals surface area contributed by atoms with E-state index in [1.807, 2.05) is 24.0 Å². The first-order chi connectivity index (χ1) is 10.8. The van der Waals surface area contributed by atoms with Crippen molar-refractivity contribution in [2.75, 3.05) is 16.4 Å². The van der Waals surface area contributed by atoms with E-state index in [2.05, 4.69) is 4.99 Å². The number of amides is 1. The van der Waals surface area contributed by atoms with Gasteiger partial charge in [0.25, 0.3) is 0 Å². The number of rotatable bonds is 2.